The van der Waals surface area contributed by atoms with Gasteiger partial charge >= 0.3 is 6.09 Å². The minimum absolute atomic E-state index is 0.136. The standard InChI is InChI=1S/C16H32N2O2S/c1-15(2,3)13-12-18(14(19)20-16(4,5)6)10-9-17(13)8-7-11-21/h13,21H,7-12H2,1-6H3. The average Bonchev–Trinajstić information content (AvgIpc) is 2.33. The first-order valence-electron chi connectivity index (χ1n) is 7.87. The lowest BCUT2D eigenvalue weighted by atomic mass is 9.84. The predicted molar refractivity (Wildman–Crippen MR) is 91.1 cm³/mol. The topological polar surface area (TPSA) is 32.8 Å². The summed E-state index contributed by atoms with van der Waals surface area (Å²) in [7, 11) is 0. The van der Waals surface area contributed by atoms with Gasteiger partial charge in [0.25, 0.3) is 0 Å². The first-order chi connectivity index (χ1) is 9.54. The first-order valence-corrected chi connectivity index (χ1v) is 8.50. The number of carbonyl (C=O) groups excluding carboxylic acids is 1. The van der Waals surface area contributed by atoms with Crippen LogP contribution in [0.4, 0.5) is 4.79 Å². The molecule has 1 rings (SSSR count). The number of ether oxygens (including phenoxy) is 1. The molecule has 0 N–H and O–H groups in total. The average molecular weight is 317 g/mol. The molecule has 0 aromatic rings. The summed E-state index contributed by atoms with van der Waals surface area (Å²) in [6, 6.07) is 0.360. The van der Waals surface area contributed by atoms with Crippen LogP contribution in [0.2, 0.25) is 0 Å². The Labute approximate surface area is 135 Å². The molecular weight excluding hydrogens is 284 g/mol. The van der Waals surface area contributed by atoms with E-state index in [9.17, 15) is 4.79 Å². The molecule has 0 saturated carbocycles. The van der Waals surface area contributed by atoms with E-state index in [0.29, 0.717) is 6.04 Å². The van der Waals surface area contributed by atoms with Crippen molar-refractivity contribution in [3.8, 4) is 0 Å². The number of piperazine rings is 1. The normalized spacial score (nSPS) is 21.5. The second-order valence-electron chi connectivity index (χ2n) is 7.92. The first kappa shape index (κ1) is 18.6. The lowest BCUT2D eigenvalue weighted by molar-refractivity contribution is -0.0146. The molecule has 0 aromatic heterocycles. The maximum Gasteiger partial charge on any atom is 0.410 e. The van der Waals surface area contributed by atoms with E-state index in [0.717, 1.165) is 38.4 Å². The zero-order valence-electron chi connectivity index (χ0n) is 14.5. The maximum atomic E-state index is 12.3. The van der Waals surface area contributed by atoms with Crippen LogP contribution in [-0.4, -0.2) is 59.5 Å². The fourth-order valence-electron chi connectivity index (χ4n) is 2.68. The van der Waals surface area contributed by atoms with Crippen LogP contribution in [0, 0.1) is 5.41 Å². The summed E-state index contributed by atoms with van der Waals surface area (Å²) in [6.45, 7) is 15.9. The molecule has 21 heavy (non-hydrogen) atoms. The molecule has 5 heteroatoms. The highest BCUT2D eigenvalue weighted by Gasteiger charge is 2.37. The number of carbonyl (C=O) groups is 1. The zero-order chi connectivity index (χ0) is 16.3. The van der Waals surface area contributed by atoms with Crippen molar-refractivity contribution in [3.05, 3.63) is 0 Å². The second-order valence-corrected chi connectivity index (χ2v) is 8.37. The molecule has 0 aliphatic carbocycles. The summed E-state index contributed by atoms with van der Waals surface area (Å²) >= 11 is 4.31. The Morgan fingerprint density at radius 2 is 1.81 bits per heavy atom. The maximum absolute atomic E-state index is 12.3. The van der Waals surface area contributed by atoms with E-state index >= 15 is 0 Å². The lowest BCUT2D eigenvalue weighted by Crippen LogP contribution is -2.59. The Bertz CT molecular complexity index is 347. The Kier molecular flexibility index (Phi) is 6.41. The summed E-state index contributed by atoms with van der Waals surface area (Å²) < 4.78 is 5.51. The molecule has 4 nitrogen and oxygen atoms in total. The fraction of sp³-hybridized carbons (Fsp3) is 0.938. The summed E-state index contributed by atoms with van der Waals surface area (Å²) in [4.78, 5) is 16.6. The highest BCUT2D eigenvalue weighted by Crippen LogP contribution is 2.28. The van der Waals surface area contributed by atoms with E-state index in [1.165, 1.54) is 0 Å². The van der Waals surface area contributed by atoms with E-state index < -0.39 is 5.60 Å². The highest BCUT2D eigenvalue weighted by molar-refractivity contribution is 7.80. The molecule has 1 aliphatic rings. The largest absolute Gasteiger partial charge is 0.444 e. The van der Waals surface area contributed by atoms with E-state index in [1.54, 1.807) is 0 Å². The van der Waals surface area contributed by atoms with Gasteiger partial charge in [-0.2, -0.15) is 12.6 Å². The Balaban J connectivity index is 2.72. The van der Waals surface area contributed by atoms with Gasteiger partial charge in [0.05, 0.1) is 0 Å². The Morgan fingerprint density at radius 1 is 1.19 bits per heavy atom. The molecule has 0 spiro atoms. The van der Waals surface area contributed by atoms with Gasteiger partial charge in [0, 0.05) is 25.7 Å². The number of thiol groups is 1. The third-order valence-electron chi connectivity index (χ3n) is 3.75. The Morgan fingerprint density at radius 3 is 2.29 bits per heavy atom. The van der Waals surface area contributed by atoms with Crippen molar-refractivity contribution in [3.63, 3.8) is 0 Å². The van der Waals surface area contributed by atoms with Gasteiger partial charge in [-0.3, -0.25) is 4.90 Å². The number of hydrogen-bond donors (Lipinski definition) is 1. The van der Waals surface area contributed by atoms with Crippen molar-refractivity contribution in [1.82, 2.24) is 9.80 Å². The minimum atomic E-state index is -0.433. The van der Waals surface area contributed by atoms with Crippen molar-refractivity contribution in [1.29, 1.82) is 0 Å². The minimum Gasteiger partial charge on any atom is -0.444 e. The van der Waals surface area contributed by atoms with Crippen LogP contribution in [0.15, 0.2) is 0 Å². The Hall–Kier alpha value is -0.420. The summed E-state index contributed by atoms with van der Waals surface area (Å²) in [5.41, 5.74) is -0.297. The van der Waals surface area contributed by atoms with Gasteiger partial charge in [-0.05, 0) is 44.9 Å². The zero-order valence-corrected chi connectivity index (χ0v) is 15.4. The van der Waals surface area contributed by atoms with Crippen LogP contribution in [0.25, 0.3) is 0 Å². The molecule has 1 heterocycles. The third kappa shape index (κ3) is 6.07. The van der Waals surface area contributed by atoms with E-state index in [2.05, 4.69) is 38.3 Å². The summed E-state index contributed by atoms with van der Waals surface area (Å²) in [6.07, 6.45) is 0.896. The lowest BCUT2D eigenvalue weighted by Gasteiger charge is -2.47. The molecule has 1 aliphatic heterocycles. The molecular formula is C16H32N2O2S. The van der Waals surface area contributed by atoms with Crippen molar-refractivity contribution >= 4 is 18.7 Å². The van der Waals surface area contributed by atoms with Crippen LogP contribution in [0.5, 0.6) is 0 Å². The van der Waals surface area contributed by atoms with Crippen LogP contribution in [0.1, 0.15) is 48.0 Å². The van der Waals surface area contributed by atoms with Gasteiger partial charge in [-0.15, -0.1) is 0 Å². The van der Waals surface area contributed by atoms with Crippen molar-refractivity contribution in [2.75, 3.05) is 31.9 Å². The van der Waals surface area contributed by atoms with E-state index in [4.69, 9.17) is 4.74 Å². The molecule has 0 radical (unpaired) electrons. The third-order valence-corrected chi connectivity index (χ3v) is 4.06. The molecule has 124 valence electrons. The van der Waals surface area contributed by atoms with Gasteiger partial charge in [0.15, 0.2) is 0 Å². The van der Waals surface area contributed by atoms with Gasteiger partial charge in [0.1, 0.15) is 5.60 Å². The molecule has 1 atom stereocenters. The van der Waals surface area contributed by atoms with Crippen molar-refractivity contribution in [2.45, 2.75) is 59.6 Å². The number of hydrogen-bond acceptors (Lipinski definition) is 4. The quantitative estimate of drug-likeness (QED) is 0.811. The smallest absolute Gasteiger partial charge is 0.410 e. The number of nitrogens with zero attached hydrogens (tertiary/aromatic N) is 2. The molecule has 1 saturated heterocycles. The molecule has 0 bridgehead atoms. The summed E-state index contributed by atoms with van der Waals surface area (Å²) in [5.74, 6) is 0.906. The molecule has 1 amide bonds. The van der Waals surface area contributed by atoms with Crippen LogP contribution >= 0.6 is 12.6 Å². The predicted octanol–water partition coefficient (Wildman–Crippen LogP) is 3.27. The SMILES string of the molecule is CC(C)(C)OC(=O)N1CCN(CCCS)C(C(C)(C)C)C1. The molecule has 0 aromatic carbocycles. The van der Waals surface area contributed by atoms with Crippen molar-refractivity contribution < 1.29 is 9.53 Å². The monoisotopic (exact) mass is 316 g/mol. The van der Waals surface area contributed by atoms with Crippen LogP contribution < -0.4 is 0 Å². The van der Waals surface area contributed by atoms with Crippen LogP contribution in [0.3, 0.4) is 0 Å². The molecule has 1 unspecified atom stereocenters. The van der Waals surface area contributed by atoms with Gasteiger partial charge < -0.3 is 9.64 Å². The van der Waals surface area contributed by atoms with Gasteiger partial charge in [-0.1, -0.05) is 20.8 Å². The molecule has 1 fully saturated rings. The number of rotatable bonds is 3. The van der Waals surface area contributed by atoms with Gasteiger partial charge in [-0.25, -0.2) is 4.79 Å². The fourth-order valence-corrected chi connectivity index (χ4v) is 2.82. The number of amides is 1. The van der Waals surface area contributed by atoms with E-state index in [1.807, 2.05) is 25.7 Å². The second kappa shape index (κ2) is 7.23. The summed E-state index contributed by atoms with van der Waals surface area (Å²) in [5, 5.41) is 0. The van der Waals surface area contributed by atoms with Crippen molar-refractivity contribution in [2.24, 2.45) is 5.41 Å². The van der Waals surface area contributed by atoms with Crippen LogP contribution in [-0.2, 0) is 4.74 Å². The van der Waals surface area contributed by atoms with Gasteiger partial charge in [0.2, 0.25) is 0 Å². The van der Waals surface area contributed by atoms with E-state index in [-0.39, 0.29) is 11.5 Å². The highest BCUT2D eigenvalue weighted by atomic mass is 32.1.